The number of aliphatic carboxylic acids is 1. The zero-order valence-electron chi connectivity index (χ0n) is 14.1. The molecule has 2 rings (SSSR count). The molecule has 0 bridgehead atoms. The number of carboxylic acid groups (broad SMARTS) is 1. The number of carboxylic acids is 1. The van der Waals surface area contributed by atoms with Crippen LogP contribution >= 0.6 is 0 Å². The normalized spacial score (nSPS) is 12.9. The van der Waals surface area contributed by atoms with Crippen LogP contribution in [0.5, 0.6) is 5.75 Å². The number of carbonyl (C=O) groups excluding carboxylic acids is 1. The molecule has 0 aliphatic heterocycles. The van der Waals surface area contributed by atoms with E-state index in [2.05, 4.69) is 5.32 Å². The molecule has 6 heteroatoms. The Morgan fingerprint density at radius 2 is 1.72 bits per heavy atom. The summed E-state index contributed by atoms with van der Waals surface area (Å²) in [6, 6.07) is 12.0. The summed E-state index contributed by atoms with van der Waals surface area (Å²) in [5, 5.41) is 12.1. The molecule has 0 aliphatic carbocycles. The molecule has 0 aromatic heterocycles. The van der Waals surface area contributed by atoms with Gasteiger partial charge >= 0.3 is 5.97 Å². The number of benzene rings is 2. The summed E-state index contributed by atoms with van der Waals surface area (Å²) in [6.07, 6.45) is 0.0243. The number of carbonyl (C=O) groups is 2. The predicted molar refractivity (Wildman–Crippen MR) is 90.8 cm³/mol. The Morgan fingerprint density at radius 1 is 1.12 bits per heavy atom. The highest BCUT2D eigenvalue weighted by Gasteiger charge is 2.36. The van der Waals surface area contributed by atoms with Crippen molar-refractivity contribution in [2.45, 2.75) is 25.8 Å². The first-order valence-electron chi connectivity index (χ1n) is 7.87. The van der Waals surface area contributed by atoms with Crippen LogP contribution in [0.2, 0.25) is 0 Å². The van der Waals surface area contributed by atoms with Crippen molar-refractivity contribution in [1.82, 2.24) is 5.32 Å². The average Bonchev–Trinajstić information content (AvgIpc) is 2.57. The van der Waals surface area contributed by atoms with Gasteiger partial charge in [-0.3, -0.25) is 4.79 Å². The maximum atomic E-state index is 13.1. The second-order valence-corrected chi connectivity index (χ2v) is 5.74. The molecular weight excluding hydrogens is 325 g/mol. The molecule has 2 N–H and O–H groups in total. The molecule has 1 atom stereocenters. The van der Waals surface area contributed by atoms with Crippen LogP contribution in [-0.4, -0.2) is 23.6 Å². The first-order valence-corrected chi connectivity index (χ1v) is 7.87. The molecule has 2 aromatic rings. The van der Waals surface area contributed by atoms with Crippen molar-refractivity contribution < 1.29 is 23.8 Å². The molecule has 0 heterocycles. The van der Waals surface area contributed by atoms with Crippen molar-refractivity contribution in [2.24, 2.45) is 0 Å². The molecule has 1 amide bonds. The number of amides is 1. The summed E-state index contributed by atoms with van der Waals surface area (Å²) in [6.45, 7) is 3.80. The lowest BCUT2D eigenvalue weighted by Crippen LogP contribution is -2.50. The third kappa shape index (κ3) is 4.56. The van der Waals surface area contributed by atoms with Crippen molar-refractivity contribution in [3.8, 4) is 5.75 Å². The van der Waals surface area contributed by atoms with E-state index in [1.165, 1.54) is 19.1 Å². The molecule has 0 saturated carbocycles. The Kier molecular flexibility index (Phi) is 5.75. The van der Waals surface area contributed by atoms with E-state index in [-0.39, 0.29) is 6.42 Å². The van der Waals surface area contributed by atoms with Crippen molar-refractivity contribution in [2.75, 3.05) is 6.61 Å². The summed E-state index contributed by atoms with van der Waals surface area (Å²) in [4.78, 5) is 24.0. The molecule has 132 valence electrons. The van der Waals surface area contributed by atoms with Gasteiger partial charge in [0.1, 0.15) is 11.6 Å². The summed E-state index contributed by atoms with van der Waals surface area (Å²) in [5.41, 5.74) is -0.620. The highest BCUT2D eigenvalue weighted by atomic mass is 19.1. The molecule has 0 radical (unpaired) electrons. The third-order valence-electron chi connectivity index (χ3n) is 3.84. The van der Waals surface area contributed by atoms with Gasteiger partial charge < -0.3 is 15.2 Å². The molecular formula is C19H20FNO4. The SMILES string of the molecule is CCOc1ccc(CC(=O)NC(C)(C(=O)O)c2ccc(F)cc2)cc1. The molecule has 2 aromatic carbocycles. The van der Waals surface area contributed by atoms with Crippen molar-refractivity contribution >= 4 is 11.9 Å². The van der Waals surface area contributed by atoms with E-state index in [0.717, 1.165) is 17.7 Å². The summed E-state index contributed by atoms with van der Waals surface area (Å²) in [7, 11) is 0. The second-order valence-electron chi connectivity index (χ2n) is 5.74. The predicted octanol–water partition coefficient (Wildman–Crippen LogP) is 2.88. The summed E-state index contributed by atoms with van der Waals surface area (Å²) in [5.74, 6) is -1.44. The van der Waals surface area contributed by atoms with E-state index in [1.54, 1.807) is 24.3 Å². The molecule has 25 heavy (non-hydrogen) atoms. The molecule has 0 spiro atoms. The number of hydrogen-bond acceptors (Lipinski definition) is 3. The van der Waals surface area contributed by atoms with Gasteiger partial charge in [0, 0.05) is 0 Å². The number of halogens is 1. The summed E-state index contributed by atoms with van der Waals surface area (Å²) >= 11 is 0. The lowest BCUT2D eigenvalue weighted by atomic mass is 9.91. The monoisotopic (exact) mass is 345 g/mol. The van der Waals surface area contributed by atoms with Gasteiger partial charge in [-0.25, -0.2) is 9.18 Å². The summed E-state index contributed by atoms with van der Waals surface area (Å²) < 4.78 is 18.4. The Morgan fingerprint density at radius 3 is 2.24 bits per heavy atom. The highest BCUT2D eigenvalue weighted by molar-refractivity contribution is 5.88. The lowest BCUT2D eigenvalue weighted by molar-refractivity contribution is -0.147. The van der Waals surface area contributed by atoms with Gasteiger partial charge in [-0.15, -0.1) is 0 Å². The van der Waals surface area contributed by atoms with E-state index in [1.807, 2.05) is 6.92 Å². The number of nitrogens with one attached hydrogen (secondary N) is 1. The van der Waals surface area contributed by atoms with Gasteiger partial charge in [0.25, 0.3) is 0 Å². The zero-order valence-corrected chi connectivity index (χ0v) is 14.1. The number of ether oxygens (including phenoxy) is 1. The fourth-order valence-corrected chi connectivity index (χ4v) is 2.41. The van der Waals surface area contributed by atoms with Gasteiger partial charge in [0.15, 0.2) is 5.54 Å². The van der Waals surface area contributed by atoms with Gasteiger partial charge in [-0.05, 0) is 49.2 Å². The largest absolute Gasteiger partial charge is 0.494 e. The van der Waals surface area contributed by atoms with Gasteiger partial charge in [-0.1, -0.05) is 24.3 Å². The standard InChI is InChI=1S/C19H20FNO4/c1-3-25-16-10-4-13(5-11-16)12-17(22)21-19(2,18(23)24)14-6-8-15(20)9-7-14/h4-11H,3,12H2,1-2H3,(H,21,22)(H,23,24). The Hall–Kier alpha value is -2.89. The maximum Gasteiger partial charge on any atom is 0.333 e. The first-order chi connectivity index (χ1) is 11.8. The van der Waals surface area contributed by atoms with Gasteiger partial charge in [0.05, 0.1) is 13.0 Å². The third-order valence-corrected chi connectivity index (χ3v) is 3.84. The minimum atomic E-state index is -1.64. The minimum Gasteiger partial charge on any atom is -0.494 e. The maximum absolute atomic E-state index is 13.1. The number of rotatable bonds is 7. The van der Waals surface area contributed by atoms with E-state index in [9.17, 15) is 19.1 Å². The second kappa shape index (κ2) is 7.79. The van der Waals surface area contributed by atoms with E-state index in [0.29, 0.717) is 17.9 Å². The molecule has 1 unspecified atom stereocenters. The molecule has 5 nitrogen and oxygen atoms in total. The van der Waals surface area contributed by atoms with Crippen LogP contribution < -0.4 is 10.1 Å². The van der Waals surface area contributed by atoms with Crippen LogP contribution in [0.25, 0.3) is 0 Å². The van der Waals surface area contributed by atoms with Gasteiger partial charge in [0.2, 0.25) is 5.91 Å². The van der Waals surface area contributed by atoms with E-state index in [4.69, 9.17) is 4.74 Å². The van der Waals surface area contributed by atoms with Crippen LogP contribution in [0.3, 0.4) is 0 Å². The first kappa shape index (κ1) is 18.4. The smallest absolute Gasteiger partial charge is 0.333 e. The van der Waals surface area contributed by atoms with Crippen LogP contribution in [0.1, 0.15) is 25.0 Å². The number of hydrogen-bond donors (Lipinski definition) is 2. The Balaban J connectivity index is 2.12. The Bertz CT molecular complexity index is 743. The molecule has 0 aliphatic rings. The van der Waals surface area contributed by atoms with Crippen molar-refractivity contribution in [1.29, 1.82) is 0 Å². The topological polar surface area (TPSA) is 75.6 Å². The lowest BCUT2D eigenvalue weighted by Gasteiger charge is -2.27. The van der Waals surface area contributed by atoms with E-state index < -0.39 is 23.2 Å². The minimum absolute atomic E-state index is 0.0243. The fourth-order valence-electron chi connectivity index (χ4n) is 2.41. The molecule has 0 fully saturated rings. The fraction of sp³-hybridized carbons (Fsp3) is 0.263. The van der Waals surface area contributed by atoms with Gasteiger partial charge in [-0.2, -0.15) is 0 Å². The van der Waals surface area contributed by atoms with Crippen LogP contribution in [-0.2, 0) is 21.5 Å². The van der Waals surface area contributed by atoms with Crippen molar-refractivity contribution in [3.05, 3.63) is 65.5 Å². The highest BCUT2D eigenvalue weighted by Crippen LogP contribution is 2.22. The van der Waals surface area contributed by atoms with Crippen LogP contribution in [0.15, 0.2) is 48.5 Å². The van der Waals surface area contributed by atoms with E-state index >= 15 is 0 Å². The van der Waals surface area contributed by atoms with Crippen LogP contribution in [0.4, 0.5) is 4.39 Å². The Labute approximate surface area is 145 Å². The zero-order chi connectivity index (χ0) is 18.4. The molecule has 0 saturated heterocycles. The average molecular weight is 345 g/mol. The van der Waals surface area contributed by atoms with Crippen molar-refractivity contribution in [3.63, 3.8) is 0 Å². The van der Waals surface area contributed by atoms with Crippen LogP contribution in [0, 0.1) is 5.82 Å². The quantitative estimate of drug-likeness (QED) is 0.809.